The predicted molar refractivity (Wildman–Crippen MR) is 90.6 cm³/mol. The Hall–Kier alpha value is -2.15. The van der Waals surface area contributed by atoms with Crippen LogP contribution in [0.25, 0.3) is 0 Å². The quantitative estimate of drug-likeness (QED) is 0.624. The summed E-state index contributed by atoms with van der Waals surface area (Å²) < 4.78 is 5.14. The molecule has 1 saturated heterocycles. The molecule has 0 radical (unpaired) electrons. The van der Waals surface area contributed by atoms with Crippen LogP contribution in [0.15, 0.2) is 12.1 Å². The van der Waals surface area contributed by atoms with Crippen molar-refractivity contribution >= 4 is 17.3 Å². The Morgan fingerprint density at radius 2 is 1.96 bits per heavy atom. The average Bonchev–Trinajstić information content (AvgIpc) is 2.60. The zero-order chi connectivity index (χ0) is 17.1. The summed E-state index contributed by atoms with van der Waals surface area (Å²) in [6.45, 7) is 2.91. The first kappa shape index (κ1) is 16.7. The normalized spacial score (nSPS) is 18.1. The van der Waals surface area contributed by atoms with Crippen LogP contribution in [0.5, 0.6) is 5.75 Å². The predicted octanol–water partition coefficient (Wildman–Crippen LogP) is 2.37. The van der Waals surface area contributed by atoms with Gasteiger partial charge in [0.15, 0.2) is 5.75 Å². The number of carbonyl (C=O) groups is 1. The molecular formula is C17H23N3O4. The number of fused-ring (bicyclic) bond motifs is 1. The molecule has 24 heavy (non-hydrogen) atoms. The molecule has 1 fully saturated rings. The van der Waals surface area contributed by atoms with E-state index in [9.17, 15) is 14.9 Å². The number of benzene rings is 1. The van der Waals surface area contributed by atoms with Crippen LogP contribution in [0.1, 0.15) is 31.2 Å². The minimum Gasteiger partial charge on any atom is -0.490 e. The third-order valence-electron chi connectivity index (χ3n) is 4.80. The Morgan fingerprint density at radius 3 is 2.62 bits per heavy atom. The highest BCUT2D eigenvalue weighted by molar-refractivity contribution is 5.96. The van der Waals surface area contributed by atoms with Gasteiger partial charge in [-0.3, -0.25) is 19.8 Å². The molecule has 3 rings (SSSR count). The third-order valence-corrected chi connectivity index (χ3v) is 4.80. The Balaban J connectivity index is 1.85. The summed E-state index contributed by atoms with van der Waals surface area (Å²) in [6.07, 6.45) is 5.15. The molecule has 0 aliphatic carbocycles. The van der Waals surface area contributed by atoms with Crippen molar-refractivity contribution in [3.05, 3.63) is 27.8 Å². The van der Waals surface area contributed by atoms with E-state index in [1.54, 1.807) is 11.0 Å². The third kappa shape index (κ3) is 3.36. The average molecular weight is 333 g/mol. The molecule has 0 atom stereocenters. The number of hydrogen-bond acceptors (Lipinski definition) is 5. The minimum atomic E-state index is -0.457. The van der Waals surface area contributed by atoms with E-state index in [-0.39, 0.29) is 17.3 Å². The highest BCUT2D eigenvalue weighted by Crippen LogP contribution is 2.37. The van der Waals surface area contributed by atoms with Crippen LogP contribution in [-0.4, -0.2) is 49.0 Å². The molecule has 7 heteroatoms. The van der Waals surface area contributed by atoms with Crippen molar-refractivity contribution in [2.45, 2.75) is 32.1 Å². The van der Waals surface area contributed by atoms with Gasteiger partial charge in [0, 0.05) is 12.6 Å². The van der Waals surface area contributed by atoms with Gasteiger partial charge in [-0.25, -0.2) is 0 Å². The van der Waals surface area contributed by atoms with Crippen molar-refractivity contribution in [1.29, 1.82) is 0 Å². The summed E-state index contributed by atoms with van der Waals surface area (Å²) in [4.78, 5) is 27.5. The molecule has 1 amide bonds. The second kappa shape index (κ2) is 7.17. The number of piperidine rings is 1. The van der Waals surface area contributed by atoms with E-state index < -0.39 is 4.92 Å². The molecule has 2 heterocycles. The lowest BCUT2D eigenvalue weighted by Gasteiger charge is -2.33. The highest BCUT2D eigenvalue weighted by atomic mass is 16.6. The summed E-state index contributed by atoms with van der Waals surface area (Å²) in [5.74, 6) is 0.279. The van der Waals surface area contributed by atoms with Crippen molar-refractivity contribution in [3.8, 4) is 5.75 Å². The molecule has 2 aliphatic heterocycles. The van der Waals surface area contributed by atoms with Crippen molar-refractivity contribution < 1.29 is 14.5 Å². The molecule has 0 N–H and O–H groups in total. The summed E-state index contributed by atoms with van der Waals surface area (Å²) in [6, 6.07) is 3.19. The second-order valence-corrected chi connectivity index (χ2v) is 6.40. The summed E-state index contributed by atoms with van der Waals surface area (Å²) in [5, 5.41) is 11.3. The maximum absolute atomic E-state index is 12.7. The van der Waals surface area contributed by atoms with Gasteiger partial charge in [-0.15, -0.1) is 0 Å². The Kier molecular flexibility index (Phi) is 4.99. The number of aryl methyl sites for hydroxylation is 1. The molecule has 2 aliphatic rings. The lowest BCUT2D eigenvalue weighted by Crippen LogP contribution is -2.44. The van der Waals surface area contributed by atoms with Crippen LogP contribution < -0.4 is 9.64 Å². The van der Waals surface area contributed by atoms with Crippen LogP contribution in [0.3, 0.4) is 0 Å². The summed E-state index contributed by atoms with van der Waals surface area (Å²) in [5.41, 5.74) is 1.51. The highest BCUT2D eigenvalue weighted by Gasteiger charge is 2.28. The number of anilines is 1. The van der Waals surface area contributed by atoms with Gasteiger partial charge in [-0.2, -0.15) is 0 Å². The number of carbonyl (C=O) groups excluding carboxylic acids is 1. The Bertz CT molecular complexity index is 641. The van der Waals surface area contributed by atoms with Gasteiger partial charge in [-0.05, 0) is 50.4 Å². The van der Waals surface area contributed by atoms with Crippen LogP contribution in [-0.2, 0) is 11.2 Å². The standard InChI is InChI=1S/C17H23N3O4/c1-24-16-10-13-6-5-9-19(14(13)11-15(16)20(22)23)17(21)12-18-7-3-2-4-8-18/h10-11H,2-9,12H2,1H3. The van der Waals surface area contributed by atoms with Crippen molar-refractivity contribution in [3.63, 3.8) is 0 Å². The number of nitrogens with zero attached hydrogens (tertiary/aromatic N) is 3. The molecule has 7 nitrogen and oxygen atoms in total. The maximum atomic E-state index is 12.7. The molecule has 0 bridgehead atoms. The Labute approximate surface area is 141 Å². The van der Waals surface area contributed by atoms with Crippen LogP contribution >= 0.6 is 0 Å². The van der Waals surface area contributed by atoms with Gasteiger partial charge in [0.05, 0.1) is 24.3 Å². The number of methoxy groups -OCH3 is 1. The first-order chi connectivity index (χ1) is 11.6. The second-order valence-electron chi connectivity index (χ2n) is 6.40. The smallest absolute Gasteiger partial charge is 0.313 e. The van der Waals surface area contributed by atoms with E-state index in [0.717, 1.165) is 44.3 Å². The van der Waals surface area contributed by atoms with Gasteiger partial charge < -0.3 is 9.64 Å². The zero-order valence-electron chi connectivity index (χ0n) is 14.0. The van der Waals surface area contributed by atoms with E-state index in [4.69, 9.17) is 4.74 Å². The van der Waals surface area contributed by atoms with Gasteiger partial charge >= 0.3 is 5.69 Å². The lowest BCUT2D eigenvalue weighted by molar-refractivity contribution is -0.385. The minimum absolute atomic E-state index is 0.0253. The van der Waals surface area contributed by atoms with Crippen molar-refractivity contribution in [1.82, 2.24) is 4.90 Å². The lowest BCUT2D eigenvalue weighted by atomic mass is 10.00. The number of ether oxygens (including phenoxy) is 1. The van der Waals surface area contributed by atoms with E-state index in [1.807, 2.05) is 0 Å². The molecule has 0 aromatic heterocycles. The van der Waals surface area contributed by atoms with Crippen molar-refractivity contribution in [2.24, 2.45) is 0 Å². The fraction of sp³-hybridized carbons (Fsp3) is 0.588. The topological polar surface area (TPSA) is 75.9 Å². The van der Waals surface area contributed by atoms with Crippen LogP contribution in [0, 0.1) is 10.1 Å². The molecule has 0 saturated carbocycles. The number of nitro groups is 1. The SMILES string of the molecule is COc1cc2c(cc1[N+](=O)[O-])N(C(=O)CN1CCCCC1)CCC2. The van der Waals surface area contributed by atoms with Gasteiger partial charge in [0.1, 0.15) is 0 Å². The number of likely N-dealkylation sites (tertiary alicyclic amines) is 1. The van der Waals surface area contributed by atoms with Gasteiger partial charge in [-0.1, -0.05) is 6.42 Å². The first-order valence-corrected chi connectivity index (χ1v) is 8.48. The number of amides is 1. The van der Waals surface area contributed by atoms with E-state index in [1.165, 1.54) is 19.6 Å². The Morgan fingerprint density at radius 1 is 1.21 bits per heavy atom. The molecule has 1 aromatic carbocycles. The molecular weight excluding hydrogens is 310 g/mol. The van der Waals surface area contributed by atoms with Crippen LogP contribution in [0.4, 0.5) is 11.4 Å². The largest absolute Gasteiger partial charge is 0.490 e. The van der Waals surface area contributed by atoms with E-state index in [2.05, 4.69) is 4.90 Å². The van der Waals surface area contributed by atoms with Gasteiger partial charge in [0.2, 0.25) is 5.91 Å². The fourth-order valence-electron chi connectivity index (χ4n) is 3.56. The van der Waals surface area contributed by atoms with Crippen LogP contribution in [0.2, 0.25) is 0 Å². The molecule has 1 aromatic rings. The summed E-state index contributed by atoms with van der Waals surface area (Å²) in [7, 11) is 1.43. The maximum Gasteiger partial charge on any atom is 0.313 e. The first-order valence-electron chi connectivity index (χ1n) is 8.48. The zero-order valence-corrected chi connectivity index (χ0v) is 14.0. The number of nitro benzene ring substituents is 1. The van der Waals surface area contributed by atoms with Crippen molar-refractivity contribution in [2.75, 3.05) is 38.2 Å². The monoisotopic (exact) mass is 333 g/mol. The van der Waals surface area contributed by atoms with E-state index in [0.29, 0.717) is 18.8 Å². The summed E-state index contributed by atoms with van der Waals surface area (Å²) >= 11 is 0. The van der Waals surface area contributed by atoms with Gasteiger partial charge in [0.25, 0.3) is 0 Å². The van der Waals surface area contributed by atoms with E-state index >= 15 is 0 Å². The fourth-order valence-corrected chi connectivity index (χ4v) is 3.56. The number of rotatable bonds is 4. The molecule has 0 spiro atoms. The molecule has 130 valence electrons. The molecule has 0 unspecified atom stereocenters. The number of hydrogen-bond donors (Lipinski definition) is 0.